The minimum absolute atomic E-state index is 0.0792. The molecule has 3 N–H and O–H groups in total. The summed E-state index contributed by atoms with van der Waals surface area (Å²) in [6, 6.07) is 10.4. The second-order valence-corrected chi connectivity index (χ2v) is 11.0. The second kappa shape index (κ2) is 10.4. The molecular weight excluding hydrogens is 466 g/mol. The van der Waals surface area contributed by atoms with Crippen LogP contribution in [0.3, 0.4) is 0 Å². The van der Waals surface area contributed by atoms with Gasteiger partial charge in [0.25, 0.3) is 0 Å². The number of benzene rings is 1. The average Bonchev–Trinajstić information content (AvgIpc) is 2.88. The maximum atomic E-state index is 11.7. The van der Waals surface area contributed by atoms with Crippen molar-refractivity contribution in [3.05, 3.63) is 42.7 Å². The summed E-state index contributed by atoms with van der Waals surface area (Å²) in [6.45, 7) is 4.12. The predicted octanol–water partition coefficient (Wildman–Crippen LogP) is 1.93. The van der Waals surface area contributed by atoms with Crippen LogP contribution in [0.5, 0.6) is 0 Å². The van der Waals surface area contributed by atoms with E-state index in [9.17, 15) is 8.42 Å². The predicted molar refractivity (Wildman–Crippen MR) is 137 cm³/mol. The van der Waals surface area contributed by atoms with Crippen molar-refractivity contribution in [3.8, 4) is 11.3 Å². The van der Waals surface area contributed by atoms with Gasteiger partial charge in [-0.25, -0.2) is 22.7 Å². The number of sulfonamides is 1. The van der Waals surface area contributed by atoms with Gasteiger partial charge in [-0.05, 0) is 31.0 Å². The van der Waals surface area contributed by atoms with Crippen molar-refractivity contribution in [3.63, 3.8) is 0 Å². The fourth-order valence-corrected chi connectivity index (χ4v) is 5.38. The van der Waals surface area contributed by atoms with E-state index in [1.54, 1.807) is 16.7 Å². The van der Waals surface area contributed by atoms with Gasteiger partial charge in [0.2, 0.25) is 10.0 Å². The van der Waals surface area contributed by atoms with Crippen LogP contribution in [0.4, 0.5) is 11.5 Å². The summed E-state index contributed by atoms with van der Waals surface area (Å²) >= 11 is 0. The minimum atomic E-state index is -3.11. The third kappa shape index (κ3) is 5.87. The van der Waals surface area contributed by atoms with Crippen LogP contribution in [-0.4, -0.2) is 85.4 Å². The van der Waals surface area contributed by atoms with Crippen molar-refractivity contribution < 1.29 is 13.2 Å². The second-order valence-electron chi connectivity index (χ2n) is 9.02. The summed E-state index contributed by atoms with van der Waals surface area (Å²) in [5, 5.41) is 10.3. The van der Waals surface area contributed by atoms with E-state index in [0.29, 0.717) is 32.1 Å². The Bertz CT molecular complexity index is 1260. The van der Waals surface area contributed by atoms with Gasteiger partial charge in [-0.3, -0.25) is 4.98 Å². The van der Waals surface area contributed by atoms with E-state index < -0.39 is 10.0 Å². The average molecular weight is 498 g/mol. The number of rotatable bonds is 7. The minimum Gasteiger partial charge on any atom is -0.382 e. The van der Waals surface area contributed by atoms with E-state index in [0.717, 1.165) is 53.9 Å². The molecule has 2 aliphatic rings. The number of piperidine rings is 1. The van der Waals surface area contributed by atoms with Crippen LogP contribution in [-0.2, 0) is 14.8 Å². The number of pyridine rings is 1. The fraction of sp³-hybridized carbons (Fsp3) is 0.458. The van der Waals surface area contributed by atoms with Gasteiger partial charge in [0, 0.05) is 62.4 Å². The molecule has 0 spiro atoms. The van der Waals surface area contributed by atoms with Crippen LogP contribution < -0.4 is 16.0 Å². The molecule has 5 rings (SSSR count). The maximum Gasteiger partial charge on any atom is 0.211 e. The van der Waals surface area contributed by atoms with Crippen molar-refractivity contribution in [2.45, 2.75) is 25.0 Å². The molecule has 4 heterocycles. The van der Waals surface area contributed by atoms with Crippen molar-refractivity contribution in [1.29, 1.82) is 0 Å². The van der Waals surface area contributed by atoms with E-state index in [-0.39, 0.29) is 12.1 Å². The molecule has 2 aliphatic heterocycles. The quantitative estimate of drug-likeness (QED) is 0.449. The van der Waals surface area contributed by atoms with E-state index in [4.69, 9.17) is 9.72 Å². The molecule has 0 amide bonds. The van der Waals surface area contributed by atoms with Crippen molar-refractivity contribution >= 4 is 32.6 Å². The molecule has 0 bridgehead atoms. The van der Waals surface area contributed by atoms with Gasteiger partial charge in [0.1, 0.15) is 5.52 Å². The van der Waals surface area contributed by atoms with Gasteiger partial charge in [0.05, 0.1) is 30.2 Å². The number of ether oxygens (including phenoxy) is 1. The van der Waals surface area contributed by atoms with Gasteiger partial charge >= 0.3 is 0 Å². The summed E-state index contributed by atoms with van der Waals surface area (Å²) in [6.07, 6.45) is 6.29. The molecule has 11 heteroatoms. The highest BCUT2D eigenvalue weighted by molar-refractivity contribution is 7.88. The third-order valence-electron chi connectivity index (χ3n) is 6.43. The third-order valence-corrected chi connectivity index (χ3v) is 7.74. The summed E-state index contributed by atoms with van der Waals surface area (Å²) in [5.74, 6) is 0.694. The van der Waals surface area contributed by atoms with Crippen LogP contribution >= 0.6 is 0 Å². The molecule has 0 unspecified atom stereocenters. The number of anilines is 2. The summed E-state index contributed by atoms with van der Waals surface area (Å²) < 4.78 is 30.8. The molecule has 2 fully saturated rings. The molecule has 10 nitrogen and oxygen atoms in total. The summed E-state index contributed by atoms with van der Waals surface area (Å²) in [4.78, 5) is 13.8. The Kier molecular flexibility index (Phi) is 7.09. The van der Waals surface area contributed by atoms with Gasteiger partial charge in [-0.1, -0.05) is 12.1 Å². The first-order valence-corrected chi connectivity index (χ1v) is 13.8. The Morgan fingerprint density at radius 2 is 1.91 bits per heavy atom. The molecular formula is C24H31N7O3S. The maximum absolute atomic E-state index is 11.7. The zero-order chi connectivity index (χ0) is 24.3. The van der Waals surface area contributed by atoms with Gasteiger partial charge < -0.3 is 20.7 Å². The van der Waals surface area contributed by atoms with Crippen LogP contribution in [0.2, 0.25) is 0 Å². The zero-order valence-corrected chi connectivity index (χ0v) is 20.6. The Labute approximate surface area is 205 Å². The first kappa shape index (κ1) is 23.9. The Morgan fingerprint density at radius 3 is 2.63 bits per heavy atom. The monoisotopic (exact) mass is 497 g/mol. The van der Waals surface area contributed by atoms with E-state index >= 15 is 0 Å². The molecule has 3 aromatic rings. The molecule has 2 saturated heterocycles. The van der Waals surface area contributed by atoms with Crippen LogP contribution in [0.25, 0.3) is 22.3 Å². The lowest BCUT2D eigenvalue weighted by Gasteiger charge is -2.31. The molecule has 1 atom stereocenters. The summed E-state index contributed by atoms with van der Waals surface area (Å²) in [5.41, 5.74) is 4.32. The Hall–Kier alpha value is -2.86. The van der Waals surface area contributed by atoms with Gasteiger partial charge in [-0.15, -0.1) is 0 Å². The number of hydrogen-bond acceptors (Lipinski definition) is 9. The number of fused-ring (bicyclic) bond motifs is 1. The molecule has 1 aromatic carbocycles. The highest BCUT2D eigenvalue weighted by Crippen LogP contribution is 2.27. The van der Waals surface area contributed by atoms with Crippen molar-refractivity contribution in [2.75, 3.05) is 56.2 Å². The van der Waals surface area contributed by atoms with Gasteiger partial charge in [-0.2, -0.15) is 0 Å². The molecule has 0 saturated carbocycles. The number of nitrogens with one attached hydrogen (secondary N) is 3. The van der Waals surface area contributed by atoms with Crippen molar-refractivity contribution in [2.24, 2.45) is 0 Å². The number of hydrogen-bond donors (Lipinski definition) is 3. The number of aromatic nitrogens is 3. The van der Waals surface area contributed by atoms with Crippen LogP contribution in [0.1, 0.15) is 12.8 Å². The highest BCUT2D eigenvalue weighted by Gasteiger charge is 2.24. The van der Waals surface area contributed by atoms with E-state index in [1.165, 1.54) is 6.26 Å². The lowest BCUT2D eigenvalue weighted by Crippen LogP contribution is -2.42. The largest absolute Gasteiger partial charge is 0.382 e. The van der Waals surface area contributed by atoms with Crippen molar-refractivity contribution in [1.82, 2.24) is 24.6 Å². The molecule has 0 aliphatic carbocycles. The molecule has 186 valence electrons. The fourth-order valence-electron chi connectivity index (χ4n) is 4.51. The molecule has 0 radical (unpaired) electrons. The Morgan fingerprint density at radius 1 is 1.14 bits per heavy atom. The number of nitrogens with zero attached hydrogens (tertiary/aromatic N) is 4. The Balaban J connectivity index is 1.29. The number of morpholine rings is 1. The standard InChI is InChI=1S/C24H31N7O3S/c1-35(32,33)31-11-6-19(7-12-31)29-18-4-2-17(3-5-18)21-14-22-23(27-9-8-26-22)24(30-21)28-16-20-15-25-10-13-34-20/h2-5,8-9,14,19-20,25,29H,6-7,10-13,15-16H2,1H3,(H,28,30)/t20-/m0/s1. The molecule has 2 aromatic heterocycles. The van der Waals surface area contributed by atoms with E-state index in [2.05, 4.69) is 25.9 Å². The summed E-state index contributed by atoms with van der Waals surface area (Å²) in [7, 11) is -3.11. The lowest BCUT2D eigenvalue weighted by atomic mass is 10.1. The smallest absolute Gasteiger partial charge is 0.211 e. The van der Waals surface area contributed by atoms with E-state index in [1.807, 2.05) is 30.3 Å². The first-order chi connectivity index (χ1) is 17.0. The topological polar surface area (TPSA) is 121 Å². The van der Waals surface area contributed by atoms with Crippen LogP contribution in [0.15, 0.2) is 42.7 Å². The first-order valence-electron chi connectivity index (χ1n) is 12.0. The van der Waals surface area contributed by atoms with Gasteiger partial charge in [0.15, 0.2) is 5.82 Å². The lowest BCUT2D eigenvalue weighted by molar-refractivity contribution is 0.0372. The van der Waals surface area contributed by atoms with Crippen LogP contribution in [0, 0.1) is 0 Å². The highest BCUT2D eigenvalue weighted by atomic mass is 32.2. The SMILES string of the molecule is CS(=O)(=O)N1CCC(Nc2ccc(-c3cc4nccnc4c(NC[C@@H]4CNCCO4)n3)cc2)CC1. The molecule has 35 heavy (non-hydrogen) atoms. The zero-order valence-electron chi connectivity index (χ0n) is 19.8. The normalized spacial score (nSPS) is 20.1.